The molecule has 4 heteroatoms. The van der Waals surface area contributed by atoms with Crippen LogP contribution in [-0.4, -0.2) is 33.9 Å². The Morgan fingerprint density at radius 3 is 2.71 bits per heavy atom. The monoisotopic (exact) mass is 253 g/mol. The lowest BCUT2D eigenvalue weighted by Crippen LogP contribution is -2.16. The molecule has 1 rings (SSSR count). The Labute approximate surface area is 106 Å². The molecule has 0 saturated carbocycles. The van der Waals surface area contributed by atoms with Crippen LogP contribution in [0.1, 0.15) is 25.3 Å². The Morgan fingerprint density at radius 2 is 2.12 bits per heavy atom. The topological polar surface area (TPSA) is 55.7 Å². The van der Waals surface area contributed by atoms with E-state index in [4.69, 9.17) is 0 Å². The van der Waals surface area contributed by atoms with Gasteiger partial charge >= 0.3 is 0 Å². The molecule has 0 heterocycles. The summed E-state index contributed by atoms with van der Waals surface area (Å²) < 4.78 is 11.3. The van der Waals surface area contributed by atoms with Crippen LogP contribution in [0, 0.1) is 0 Å². The number of unbranched alkanes of at least 4 members (excludes halogenated alkanes) is 1. The first-order chi connectivity index (χ1) is 8.15. The van der Waals surface area contributed by atoms with Crippen LogP contribution in [0.2, 0.25) is 0 Å². The highest BCUT2D eigenvalue weighted by molar-refractivity contribution is 7.91. The van der Waals surface area contributed by atoms with E-state index >= 15 is 0 Å². The molecule has 1 aromatic rings. The normalized spacial score (nSPS) is 13.7. The molecule has 1 unspecified atom stereocenters. The van der Waals surface area contributed by atoms with Crippen molar-refractivity contribution >= 4 is 16.9 Å². The highest BCUT2D eigenvalue weighted by Gasteiger charge is 2.12. The molecule has 0 aliphatic carbocycles. The molecule has 1 atom stereocenters. The van der Waals surface area contributed by atoms with Gasteiger partial charge in [0.15, 0.2) is 0 Å². The number of aromatic hydroxyl groups is 1. The van der Waals surface area contributed by atoms with Crippen molar-refractivity contribution in [2.75, 3.05) is 18.6 Å². The van der Waals surface area contributed by atoms with Crippen molar-refractivity contribution in [2.45, 2.75) is 19.8 Å². The average molecular weight is 253 g/mol. The second kappa shape index (κ2) is 7.35. The zero-order valence-corrected chi connectivity index (χ0v) is 11.2. The van der Waals surface area contributed by atoms with E-state index in [1.165, 1.54) is 0 Å². The minimum absolute atomic E-state index is 0.202. The smallest absolute Gasteiger partial charge is 0.147 e. The van der Waals surface area contributed by atoms with Crippen LogP contribution in [0.4, 0.5) is 0 Å². The number of aliphatic imine (C=N–C) groups is 1. The van der Waals surface area contributed by atoms with Crippen LogP contribution in [0.5, 0.6) is 5.75 Å². The molecule has 94 valence electrons. The van der Waals surface area contributed by atoms with Crippen LogP contribution in [0.25, 0.3) is 0 Å². The van der Waals surface area contributed by atoms with Crippen molar-refractivity contribution in [3.05, 3.63) is 29.8 Å². The Hall–Kier alpha value is -1.00. The van der Waals surface area contributed by atoms with Gasteiger partial charge in [-0.05, 0) is 18.6 Å². The molecule has 1 N–H and O–H groups in total. The van der Waals surface area contributed by atoms with E-state index in [0.717, 1.165) is 25.1 Å². The fourth-order valence-corrected chi connectivity index (χ4v) is 2.12. The van der Waals surface area contributed by atoms with E-state index in [1.54, 1.807) is 18.4 Å². The van der Waals surface area contributed by atoms with E-state index in [0.29, 0.717) is 11.3 Å². The Bertz CT molecular complexity index is 377. The lowest BCUT2D eigenvalue weighted by atomic mass is 10.1. The molecule has 17 heavy (non-hydrogen) atoms. The minimum Gasteiger partial charge on any atom is -0.616 e. The van der Waals surface area contributed by atoms with Crippen LogP contribution in [-0.2, 0) is 11.2 Å². The van der Waals surface area contributed by atoms with E-state index in [9.17, 15) is 9.66 Å². The highest BCUT2D eigenvalue weighted by atomic mass is 32.2. The minimum atomic E-state index is -0.952. The number of para-hydroxylation sites is 1. The summed E-state index contributed by atoms with van der Waals surface area (Å²) in [7, 11) is 0. The zero-order valence-electron chi connectivity index (χ0n) is 10.3. The van der Waals surface area contributed by atoms with Crippen molar-refractivity contribution in [1.82, 2.24) is 0 Å². The molecule has 0 amide bonds. The molecule has 0 saturated heterocycles. The quantitative estimate of drug-likeness (QED) is 0.480. The highest BCUT2D eigenvalue weighted by Crippen LogP contribution is 2.17. The predicted octanol–water partition coefficient (Wildman–Crippen LogP) is 2.36. The van der Waals surface area contributed by atoms with Crippen molar-refractivity contribution in [2.24, 2.45) is 4.99 Å². The summed E-state index contributed by atoms with van der Waals surface area (Å²) >= 11 is -0.952. The van der Waals surface area contributed by atoms with Crippen LogP contribution < -0.4 is 0 Å². The van der Waals surface area contributed by atoms with Gasteiger partial charge in [-0.3, -0.25) is 4.99 Å². The summed E-state index contributed by atoms with van der Waals surface area (Å²) in [6, 6.07) is 7.06. The first-order valence-corrected chi connectivity index (χ1v) is 7.49. The number of phenols is 1. The van der Waals surface area contributed by atoms with E-state index < -0.39 is 11.2 Å². The van der Waals surface area contributed by atoms with Gasteiger partial charge in [0.25, 0.3) is 0 Å². The van der Waals surface area contributed by atoms with Crippen molar-refractivity contribution in [3.63, 3.8) is 0 Å². The molecular weight excluding hydrogens is 234 g/mol. The van der Waals surface area contributed by atoms with Gasteiger partial charge in [-0.25, -0.2) is 0 Å². The van der Waals surface area contributed by atoms with Crippen LogP contribution in [0.3, 0.4) is 0 Å². The molecule has 0 aromatic heterocycles. The van der Waals surface area contributed by atoms with Gasteiger partial charge in [0.2, 0.25) is 0 Å². The fraction of sp³-hybridized carbons (Fsp3) is 0.462. The van der Waals surface area contributed by atoms with Gasteiger partial charge in [0.1, 0.15) is 11.5 Å². The standard InChI is InChI=1S/C13H19NO2S/c1-3-4-9-14-12(10-17(2)16)11-7-5-6-8-13(11)15/h5-8,15H,3-4,9-10H2,1-2H3/b14-12+. The van der Waals surface area contributed by atoms with E-state index in [2.05, 4.69) is 11.9 Å². The Balaban J connectivity index is 2.90. The van der Waals surface area contributed by atoms with Gasteiger partial charge in [-0.1, -0.05) is 36.7 Å². The zero-order chi connectivity index (χ0) is 12.7. The number of hydrogen-bond acceptors (Lipinski definition) is 3. The first-order valence-electron chi connectivity index (χ1n) is 5.77. The summed E-state index contributed by atoms with van der Waals surface area (Å²) in [5.41, 5.74) is 1.43. The fourth-order valence-electron chi connectivity index (χ4n) is 1.49. The van der Waals surface area contributed by atoms with Crippen molar-refractivity contribution in [1.29, 1.82) is 0 Å². The van der Waals surface area contributed by atoms with Gasteiger partial charge in [0, 0.05) is 12.1 Å². The lowest BCUT2D eigenvalue weighted by molar-refractivity contribution is 0.474. The molecule has 0 spiro atoms. The summed E-state index contributed by atoms with van der Waals surface area (Å²) in [5, 5.41) is 9.77. The van der Waals surface area contributed by atoms with Crippen molar-refractivity contribution in [3.8, 4) is 5.75 Å². The van der Waals surface area contributed by atoms with Crippen LogP contribution in [0.15, 0.2) is 29.3 Å². The molecule has 0 aliphatic heterocycles. The molecular formula is C13H19NO2S. The Morgan fingerprint density at radius 1 is 1.41 bits per heavy atom. The van der Waals surface area contributed by atoms with E-state index in [-0.39, 0.29) is 5.75 Å². The maximum absolute atomic E-state index is 11.3. The molecule has 0 aliphatic rings. The lowest BCUT2D eigenvalue weighted by Gasteiger charge is -2.10. The second-order valence-electron chi connectivity index (χ2n) is 3.92. The number of rotatable bonds is 6. The van der Waals surface area contributed by atoms with Crippen molar-refractivity contribution < 1.29 is 9.66 Å². The predicted molar refractivity (Wildman–Crippen MR) is 73.4 cm³/mol. The first kappa shape index (κ1) is 14.1. The number of phenolic OH excluding ortho intramolecular Hbond substituents is 1. The van der Waals surface area contributed by atoms with Gasteiger partial charge in [-0.2, -0.15) is 0 Å². The summed E-state index contributed by atoms with van der Waals surface area (Å²) in [6.07, 6.45) is 3.73. The Kier molecular flexibility index (Phi) is 6.08. The second-order valence-corrected chi connectivity index (χ2v) is 5.35. The van der Waals surface area contributed by atoms with Crippen LogP contribution >= 0.6 is 0 Å². The third kappa shape index (κ3) is 4.79. The number of nitrogens with zero attached hydrogens (tertiary/aromatic N) is 1. The molecule has 0 radical (unpaired) electrons. The van der Waals surface area contributed by atoms with E-state index in [1.807, 2.05) is 12.1 Å². The number of benzene rings is 1. The summed E-state index contributed by atoms with van der Waals surface area (Å²) in [6.45, 7) is 2.82. The summed E-state index contributed by atoms with van der Waals surface area (Å²) in [5.74, 6) is 0.592. The third-order valence-corrected chi connectivity index (χ3v) is 3.05. The average Bonchev–Trinajstić information content (AvgIpc) is 2.28. The SMILES string of the molecule is CCCC/N=C(\C[S+](C)[O-])c1ccccc1O. The third-order valence-electron chi connectivity index (χ3n) is 2.37. The molecule has 0 bridgehead atoms. The molecule has 3 nitrogen and oxygen atoms in total. The maximum atomic E-state index is 11.3. The largest absolute Gasteiger partial charge is 0.616 e. The van der Waals surface area contributed by atoms with Gasteiger partial charge in [0.05, 0.1) is 12.0 Å². The molecule has 0 fully saturated rings. The summed E-state index contributed by atoms with van der Waals surface area (Å²) in [4.78, 5) is 4.45. The van der Waals surface area contributed by atoms with Gasteiger partial charge < -0.3 is 9.66 Å². The maximum Gasteiger partial charge on any atom is 0.147 e. The number of hydrogen-bond donors (Lipinski definition) is 1. The molecule has 1 aromatic carbocycles. The van der Waals surface area contributed by atoms with Gasteiger partial charge in [-0.15, -0.1) is 0 Å².